The quantitative estimate of drug-likeness (QED) is 0.146. The first-order chi connectivity index (χ1) is 23.3. The second kappa shape index (κ2) is 13.0. The Morgan fingerprint density at radius 1 is 1.12 bits per heavy atom. The first-order valence-corrected chi connectivity index (χ1v) is 16.5. The minimum atomic E-state index is -0.542. The minimum Gasteiger partial charge on any atom is -0.466 e. The first kappa shape index (κ1) is 31.3. The molecule has 0 fully saturated rings. The molecule has 0 radical (unpaired) electrons. The van der Waals surface area contributed by atoms with E-state index in [1.807, 2.05) is 41.8 Å². The third kappa shape index (κ3) is 6.18. The number of hydrogen-bond acceptors (Lipinski definition) is 6. The molecule has 2 N–H and O–H groups in total. The highest BCUT2D eigenvalue weighted by atomic mass is 32.1. The molecule has 0 aliphatic carbocycles. The molecule has 3 aromatic carbocycles. The van der Waals surface area contributed by atoms with E-state index in [-0.39, 0.29) is 17.1 Å². The van der Waals surface area contributed by atoms with Crippen LogP contribution in [0.25, 0.3) is 34.4 Å². The number of nitrogens with zero attached hydrogens (tertiary/aromatic N) is 2. The fourth-order valence-electron chi connectivity index (χ4n) is 6.18. The maximum absolute atomic E-state index is 15.7. The Morgan fingerprint density at radius 3 is 2.90 bits per heavy atom. The summed E-state index contributed by atoms with van der Waals surface area (Å²) in [5.74, 6) is -0.795. The molecule has 1 aliphatic rings. The molecule has 3 aromatic heterocycles. The summed E-state index contributed by atoms with van der Waals surface area (Å²) in [5.41, 5.74) is 4.45. The van der Waals surface area contributed by atoms with Gasteiger partial charge in [-0.3, -0.25) is 0 Å². The van der Waals surface area contributed by atoms with Crippen LogP contribution in [-0.2, 0) is 21.4 Å². The number of allylic oxidation sites excluding steroid dienone is 1. The van der Waals surface area contributed by atoms with Crippen LogP contribution in [0.3, 0.4) is 0 Å². The van der Waals surface area contributed by atoms with Crippen LogP contribution in [0.1, 0.15) is 59.3 Å². The summed E-state index contributed by atoms with van der Waals surface area (Å²) in [6, 6.07) is 15.6. The number of aromatic nitrogens is 4. The number of fused-ring (bicyclic) bond motifs is 10. The fraction of sp³-hybridized carbons (Fsp3) is 0.184. The molecule has 0 amide bonds. The summed E-state index contributed by atoms with van der Waals surface area (Å²) >= 11 is 1.51. The molecule has 48 heavy (non-hydrogen) atoms. The molecular weight excluding hydrogens is 631 g/mol. The van der Waals surface area contributed by atoms with Gasteiger partial charge in [0.2, 0.25) is 0 Å². The SMILES string of the molecule is COC(=O)/C=C/c1cccc(C2(C)CCC/C=C/c3csc(n3)Cc3c(c(F)cc4[nH]ccc34)Oc3ccc(F)c(c3)-c3ncc2[nH]3)c1. The summed E-state index contributed by atoms with van der Waals surface area (Å²) in [5, 5.41) is 3.64. The highest BCUT2D eigenvalue weighted by Gasteiger charge is 2.31. The van der Waals surface area contributed by atoms with E-state index in [9.17, 15) is 4.79 Å². The number of esters is 1. The molecule has 6 aromatic rings. The van der Waals surface area contributed by atoms with Gasteiger partial charge in [-0.15, -0.1) is 11.3 Å². The predicted octanol–water partition coefficient (Wildman–Crippen LogP) is 9.37. The van der Waals surface area contributed by atoms with Crippen molar-refractivity contribution in [1.29, 1.82) is 0 Å². The Morgan fingerprint density at radius 2 is 2.02 bits per heavy atom. The van der Waals surface area contributed by atoms with E-state index in [4.69, 9.17) is 14.5 Å². The number of imidazole rings is 1. The molecule has 10 heteroatoms. The van der Waals surface area contributed by atoms with Crippen LogP contribution in [-0.4, -0.2) is 33.0 Å². The summed E-state index contributed by atoms with van der Waals surface area (Å²) in [6.45, 7) is 2.13. The van der Waals surface area contributed by atoms with Gasteiger partial charge in [0.15, 0.2) is 11.6 Å². The number of ether oxygens (including phenoxy) is 2. The third-order valence-corrected chi connectivity index (χ3v) is 9.69. The molecule has 0 saturated heterocycles. The number of nitrogens with one attached hydrogen (secondary N) is 2. The lowest BCUT2D eigenvalue weighted by Crippen LogP contribution is -2.24. The van der Waals surface area contributed by atoms with Gasteiger partial charge in [0, 0.05) is 63.9 Å². The fourth-order valence-corrected chi connectivity index (χ4v) is 6.95. The van der Waals surface area contributed by atoms with Gasteiger partial charge in [-0.2, -0.15) is 0 Å². The second-order valence-electron chi connectivity index (χ2n) is 11.9. The van der Waals surface area contributed by atoms with Gasteiger partial charge in [0.25, 0.3) is 0 Å². The van der Waals surface area contributed by atoms with E-state index < -0.39 is 23.0 Å². The molecule has 4 heterocycles. The van der Waals surface area contributed by atoms with Crippen molar-refractivity contribution in [2.24, 2.45) is 0 Å². The predicted molar refractivity (Wildman–Crippen MR) is 184 cm³/mol. The average molecular weight is 663 g/mol. The lowest BCUT2D eigenvalue weighted by Gasteiger charge is -2.29. The number of H-pyrrole nitrogens is 2. The van der Waals surface area contributed by atoms with Crippen molar-refractivity contribution in [3.8, 4) is 22.9 Å². The van der Waals surface area contributed by atoms with Crippen LogP contribution in [0.5, 0.6) is 11.5 Å². The van der Waals surface area contributed by atoms with Crippen molar-refractivity contribution in [1.82, 2.24) is 19.9 Å². The molecule has 0 spiro atoms. The number of carbonyl (C=O) groups excluding carboxylic acids is 1. The van der Waals surface area contributed by atoms with Gasteiger partial charge in [0.1, 0.15) is 17.4 Å². The largest absolute Gasteiger partial charge is 0.466 e. The molecule has 1 unspecified atom stereocenters. The lowest BCUT2D eigenvalue weighted by molar-refractivity contribution is -0.134. The van der Waals surface area contributed by atoms with Crippen molar-refractivity contribution in [3.05, 3.63) is 129 Å². The molecule has 242 valence electrons. The number of rotatable bonds is 3. The number of aromatic amines is 2. The molecule has 7 nitrogen and oxygen atoms in total. The van der Waals surface area contributed by atoms with Crippen LogP contribution in [0.15, 0.2) is 84.5 Å². The number of carbonyl (C=O) groups is 1. The maximum Gasteiger partial charge on any atom is 0.330 e. The molecule has 1 aliphatic heterocycles. The Hall–Kier alpha value is -5.35. The smallest absolute Gasteiger partial charge is 0.330 e. The molecule has 1 atom stereocenters. The molecule has 7 rings (SSSR count). The molecule has 6 bridgehead atoms. The Labute approximate surface area is 280 Å². The van der Waals surface area contributed by atoms with Crippen molar-refractivity contribution >= 4 is 40.4 Å². The van der Waals surface area contributed by atoms with Crippen molar-refractivity contribution in [3.63, 3.8) is 0 Å². The third-order valence-electron chi connectivity index (χ3n) is 8.82. The van der Waals surface area contributed by atoms with E-state index in [1.165, 1.54) is 48.8 Å². The van der Waals surface area contributed by atoms with Crippen molar-refractivity contribution < 1.29 is 23.0 Å². The van der Waals surface area contributed by atoms with Gasteiger partial charge in [-0.1, -0.05) is 30.3 Å². The maximum atomic E-state index is 15.7. The van der Waals surface area contributed by atoms with E-state index >= 15 is 8.78 Å². The van der Waals surface area contributed by atoms with Gasteiger partial charge in [0.05, 0.1) is 23.4 Å². The monoisotopic (exact) mass is 662 g/mol. The molecule has 0 saturated carbocycles. The van der Waals surface area contributed by atoms with Gasteiger partial charge < -0.3 is 19.4 Å². The van der Waals surface area contributed by atoms with E-state index in [0.29, 0.717) is 23.3 Å². The van der Waals surface area contributed by atoms with E-state index in [1.54, 1.807) is 18.5 Å². The summed E-state index contributed by atoms with van der Waals surface area (Å²) in [7, 11) is 1.34. The lowest BCUT2D eigenvalue weighted by atomic mass is 9.75. The zero-order valence-electron chi connectivity index (χ0n) is 26.3. The Balaban J connectivity index is 1.33. The number of thiazole rings is 1. The number of methoxy groups -OCH3 is 1. The van der Waals surface area contributed by atoms with Crippen LogP contribution in [0.4, 0.5) is 8.78 Å². The minimum absolute atomic E-state index is 0.0682. The standard InChI is InChI=1S/C38H32F2N4O3S/c1-38(24-8-6-7-23(17-24)10-13-35(45)46-2)15-5-3-4-9-25-22-48-34(43-25)19-28-27-14-16-41-32(27)20-31(40)36(28)47-26-11-12-30(39)29(18-26)37-42-21-33(38)44-37/h4,6-14,16-18,20-22,41H,3,5,15,19H2,1-2H3,(H,42,44)/b9-4+,13-10+. The van der Waals surface area contributed by atoms with Crippen LogP contribution >= 0.6 is 11.3 Å². The number of halogens is 2. The number of benzene rings is 3. The van der Waals surface area contributed by atoms with Gasteiger partial charge in [-0.05, 0) is 73.7 Å². The van der Waals surface area contributed by atoms with Crippen LogP contribution in [0, 0.1) is 11.6 Å². The van der Waals surface area contributed by atoms with Crippen LogP contribution < -0.4 is 4.74 Å². The van der Waals surface area contributed by atoms with Gasteiger partial charge in [-0.25, -0.2) is 23.5 Å². The summed E-state index contributed by atoms with van der Waals surface area (Å²) < 4.78 is 42.1. The zero-order chi connectivity index (χ0) is 33.3. The highest BCUT2D eigenvalue weighted by Crippen LogP contribution is 2.40. The first-order valence-electron chi connectivity index (χ1n) is 15.6. The average Bonchev–Trinajstić information content (AvgIpc) is 3.87. The molecular formula is C38H32F2N4O3S. The van der Waals surface area contributed by atoms with Crippen molar-refractivity contribution in [2.75, 3.05) is 7.11 Å². The highest BCUT2D eigenvalue weighted by molar-refractivity contribution is 7.09. The summed E-state index contributed by atoms with van der Waals surface area (Å²) in [4.78, 5) is 27.7. The topological polar surface area (TPSA) is 92.9 Å². The second-order valence-corrected chi connectivity index (χ2v) is 12.9. The number of hydrogen-bond donors (Lipinski definition) is 2. The zero-order valence-corrected chi connectivity index (χ0v) is 27.2. The van der Waals surface area contributed by atoms with Gasteiger partial charge >= 0.3 is 5.97 Å². The normalized spacial score (nSPS) is 17.2. The van der Waals surface area contributed by atoms with Crippen LogP contribution in [0.2, 0.25) is 0 Å². The summed E-state index contributed by atoms with van der Waals surface area (Å²) in [6.07, 6.45) is 13.5. The Kier molecular flexibility index (Phi) is 8.49. The Bertz CT molecular complexity index is 2200. The van der Waals surface area contributed by atoms with E-state index in [0.717, 1.165) is 52.2 Å². The van der Waals surface area contributed by atoms with Crippen molar-refractivity contribution in [2.45, 2.75) is 38.0 Å². The van der Waals surface area contributed by atoms with E-state index in [2.05, 4.69) is 28.0 Å².